The number of halogens is 1. The molecule has 1 aliphatic carbocycles. The van der Waals surface area contributed by atoms with Gasteiger partial charge in [-0.3, -0.25) is 0 Å². The number of hydrogen-bond donors (Lipinski definition) is 0. The van der Waals surface area contributed by atoms with E-state index >= 15 is 0 Å². The molecule has 5 rings (SSSR count). The molecule has 0 amide bonds. The fourth-order valence-electron chi connectivity index (χ4n) is 3.41. The molecule has 1 nitrogen and oxygen atoms in total. The molecule has 0 atom stereocenters. The molecule has 0 bridgehead atoms. The van der Waals surface area contributed by atoms with Gasteiger partial charge in [0.2, 0.25) is 0 Å². The molecule has 1 heterocycles. The molecule has 0 unspecified atom stereocenters. The van der Waals surface area contributed by atoms with Crippen molar-refractivity contribution >= 4 is 46.8 Å². The maximum Gasteiger partial charge on any atom is 0.0959 e. The Morgan fingerprint density at radius 3 is 1.57 bits per heavy atom. The molecule has 0 spiro atoms. The molecule has 4 heteroatoms. The van der Waals surface area contributed by atoms with Crippen LogP contribution in [0.4, 0.5) is 0 Å². The van der Waals surface area contributed by atoms with E-state index in [1.165, 1.54) is 40.2 Å². The molecule has 30 heavy (non-hydrogen) atoms. The predicted molar refractivity (Wildman–Crippen MR) is 133 cm³/mol. The summed E-state index contributed by atoms with van der Waals surface area (Å²) in [5.41, 5.74) is 1.04. The van der Waals surface area contributed by atoms with Crippen molar-refractivity contribution in [2.24, 2.45) is 0 Å². The van der Waals surface area contributed by atoms with Crippen LogP contribution in [-0.4, -0.2) is 4.98 Å². The molecule has 152 valence electrons. The highest BCUT2D eigenvalue weighted by molar-refractivity contribution is 7.79. The fourth-order valence-corrected chi connectivity index (χ4v) is 6.93. The standard InChI is InChI=1S/C18H15P.C8H10ClNS/c1-4-10-16(11-5-1)19(17-12-6-2-7-13-17)18-14-8-3-9-15-18;9-4-7-5-11-8(10-7)6-2-1-3-6/h1-15H;5-6H,1-4H2. The van der Waals surface area contributed by atoms with Gasteiger partial charge >= 0.3 is 0 Å². The van der Waals surface area contributed by atoms with Gasteiger partial charge < -0.3 is 0 Å². The lowest BCUT2D eigenvalue weighted by atomic mass is 9.86. The smallest absolute Gasteiger partial charge is 0.0959 e. The summed E-state index contributed by atoms with van der Waals surface area (Å²) >= 11 is 7.41. The average Bonchev–Trinajstić information content (AvgIpc) is 3.24. The van der Waals surface area contributed by atoms with Gasteiger partial charge in [-0.15, -0.1) is 22.9 Å². The summed E-state index contributed by atoms with van der Waals surface area (Å²) in [5.74, 6) is 1.32. The first kappa shape index (κ1) is 21.2. The minimum Gasteiger partial charge on any atom is -0.245 e. The highest BCUT2D eigenvalue weighted by Gasteiger charge is 2.22. The molecule has 1 aromatic heterocycles. The SMILES string of the molecule is ClCc1csc(C2CCC2)n1.c1ccc(P(c2ccccc2)c2ccccc2)cc1. The van der Waals surface area contributed by atoms with E-state index in [2.05, 4.69) is 101 Å². The van der Waals surface area contributed by atoms with Crippen molar-refractivity contribution in [3.05, 3.63) is 107 Å². The molecule has 0 saturated heterocycles. The third-order valence-corrected chi connectivity index (χ3v) is 8.98. The summed E-state index contributed by atoms with van der Waals surface area (Å²) in [6.45, 7) is 0. The third-order valence-electron chi connectivity index (χ3n) is 5.20. The molecule has 1 saturated carbocycles. The van der Waals surface area contributed by atoms with Gasteiger partial charge in [-0.05, 0) is 36.7 Å². The normalized spacial score (nSPS) is 13.4. The van der Waals surface area contributed by atoms with Crippen LogP contribution in [0.3, 0.4) is 0 Å². The van der Waals surface area contributed by atoms with E-state index in [-0.39, 0.29) is 0 Å². The van der Waals surface area contributed by atoms with E-state index in [9.17, 15) is 0 Å². The van der Waals surface area contributed by atoms with Crippen LogP contribution in [0.15, 0.2) is 96.4 Å². The zero-order valence-corrected chi connectivity index (χ0v) is 19.3. The topological polar surface area (TPSA) is 12.9 Å². The van der Waals surface area contributed by atoms with Crippen LogP contribution in [0.2, 0.25) is 0 Å². The van der Waals surface area contributed by atoms with Crippen LogP contribution in [0, 0.1) is 0 Å². The molecule has 1 aliphatic rings. The maximum atomic E-state index is 5.65. The summed E-state index contributed by atoms with van der Waals surface area (Å²) in [7, 11) is -0.446. The Balaban J connectivity index is 0.000000168. The second-order valence-corrected chi connectivity index (χ2v) is 10.7. The van der Waals surface area contributed by atoms with Crippen LogP contribution in [0.1, 0.15) is 35.9 Å². The van der Waals surface area contributed by atoms with Gasteiger partial charge in [0, 0.05) is 11.3 Å². The first-order chi connectivity index (χ1) is 14.8. The predicted octanol–water partition coefficient (Wildman–Crippen LogP) is 6.59. The Bertz CT molecular complexity index is 923. The molecule has 3 aromatic carbocycles. The van der Waals surface area contributed by atoms with E-state index in [4.69, 9.17) is 11.6 Å². The van der Waals surface area contributed by atoms with E-state index in [0.29, 0.717) is 5.88 Å². The average molecular weight is 450 g/mol. The Hall–Kier alpha value is -1.99. The fraction of sp³-hybridized carbons (Fsp3) is 0.192. The highest BCUT2D eigenvalue weighted by Crippen LogP contribution is 2.37. The van der Waals surface area contributed by atoms with E-state index < -0.39 is 7.92 Å². The van der Waals surface area contributed by atoms with Crippen LogP contribution >= 0.6 is 30.9 Å². The first-order valence-corrected chi connectivity index (χ1v) is 13.1. The van der Waals surface area contributed by atoms with Crippen molar-refractivity contribution in [1.29, 1.82) is 0 Å². The van der Waals surface area contributed by atoms with Crippen molar-refractivity contribution in [3.63, 3.8) is 0 Å². The molecule has 4 aromatic rings. The van der Waals surface area contributed by atoms with Gasteiger partial charge in [0.25, 0.3) is 0 Å². The summed E-state index contributed by atoms with van der Waals surface area (Å²) in [5, 5.41) is 7.56. The number of aromatic nitrogens is 1. The summed E-state index contributed by atoms with van der Waals surface area (Å²) in [6, 6.07) is 32.3. The lowest BCUT2D eigenvalue weighted by Gasteiger charge is -2.22. The Labute approximate surface area is 189 Å². The number of hydrogen-bond acceptors (Lipinski definition) is 2. The second-order valence-electron chi connectivity index (χ2n) is 7.28. The molecule has 0 radical (unpaired) electrons. The maximum absolute atomic E-state index is 5.65. The number of benzene rings is 3. The van der Waals surface area contributed by atoms with Crippen molar-refractivity contribution in [3.8, 4) is 0 Å². The third kappa shape index (κ3) is 5.38. The summed E-state index contributed by atoms with van der Waals surface area (Å²) < 4.78 is 0. The second kappa shape index (κ2) is 10.9. The number of alkyl halides is 1. The van der Waals surface area contributed by atoms with Crippen molar-refractivity contribution < 1.29 is 0 Å². The van der Waals surface area contributed by atoms with Gasteiger partial charge in [-0.2, -0.15) is 0 Å². The molecular weight excluding hydrogens is 425 g/mol. The van der Waals surface area contributed by atoms with E-state index in [0.717, 1.165) is 11.6 Å². The van der Waals surface area contributed by atoms with Gasteiger partial charge in [0.05, 0.1) is 16.6 Å². The minimum absolute atomic E-state index is 0.446. The number of thiazole rings is 1. The quantitative estimate of drug-likeness (QED) is 0.247. The summed E-state index contributed by atoms with van der Waals surface area (Å²) in [6.07, 6.45) is 4.03. The van der Waals surface area contributed by atoms with Crippen LogP contribution in [-0.2, 0) is 5.88 Å². The lowest BCUT2D eigenvalue weighted by Crippen LogP contribution is -2.20. The number of nitrogens with zero attached hydrogens (tertiary/aromatic N) is 1. The van der Waals surface area contributed by atoms with Gasteiger partial charge in [-0.25, -0.2) is 4.98 Å². The Morgan fingerprint density at radius 2 is 1.23 bits per heavy atom. The molecule has 0 aliphatic heterocycles. The lowest BCUT2D eigenvalue weighted by molar-refractivity contribution is 0.418. The first-order valence-electron chi connectivity index (χ1n) is 10.3. The Morgan fingerprint density at radius 1 is 0.767 bits per heavy atom. The van der Waals surface area contributed by atoms with Crippen LogP contribution < -0.4 is 15.9 Å². The van der Waals surface area contributed by atoms with Crippen molar-refractivity contribution in [2.45, 2.75) is 31.1 Å². The van der Waals surface area contributed by atoms with E-state index in [1.54, 1.807) is 11.3 Å². The zero-order chi connectivity index (χ0) is 20.6. The Kier molecular flexibility index (Phi) is 7.70. The van der Waals surface area contributed by atoms with Gasteiger partial charge in [-0.1, -0.05) is 97.4 Å². The van der Waals surface area contributed by atoms with Gasteiger partial charge in [0.15, 0.2) is 0 Å². The van der Waals surface area contributed by atoms with Crippen LogP contribution in [0.25, 0.3) is 0 Å². The molecule has 0 N–H and O–H groups in total. The number of rotatable bonds is 5. The zero-order valence-electron chi connectivity index (χ0n) is 16.8. The highest BCUT2D eigenvalue weighted by atomic mass is 35.5. The van der Waals surface area contributed by atoms with Crippen molar-refractivity contribution in [2.75, 3.05) is 0 Å². The van der Waals surface area contributed by atoms with Crippen molar-refractivity contribution in [1.82, 2.24) is 4.98 Å². The monoisotopic (exact) mass is 449 g/mol. The van der Waals surface area contributed by atoms with Gasteiger partial charge in [0.1, 0.15) is 0 Å². The molecule has 1 fully saturated rings. The van der Waals surface area contributed by atoms with E-state index in [1.807, 2.05) is 0 Å². The summed E-state index contributed by atoms with van der Waals surface area (Å²) in [4.78, 5) is 4.44. The van der Waals surface area contributed by atoms with Crippen LogP contribution in [0.5, 0.6) is 0 Å². The molecular formula is C26H25ClNPS. The minimum atomic E-state index is -0.446. The largest absolute Gasteiger partial charge is 0.245 e.